The van der Waals surface area contributed by atoms with Gasteiger partial charge in [0, 0.05) is 5.56 Å². The Hall–Kier alpha value is -2.62. The Morgan fingerprint density at radius 3 is 2.55 bits per heavy atom. The van der Waals surface area contributed by atoms with E-state index in [1.54, 1.807) is 24.3 Å². The lowest BCUT2D eigenvalue weighted by Crippen LogP contribution is -2.35. The standard InChI is InChI=1S/C19H15ClF3N3O3/c20-16-3-1-2-4-17(16)29-13-5-6-14(15(9-13)19(21,22)23)18(27-7-8-28-18)10-26-12-24-11-25-26/h1-6,9,11-12H,7-8,10H2. The number of para-hydroxylation sites is 1. The summed E-state index contributed by atoms with van der Waals surface area (Å²) in [5, 5.41) is 4.24. The van der Waals surface area contributed by atoms with Crippen molar-refractivity contribution in [3.63, 3.8) is 0 Å². The summed E-state index contributed by atoms with van der Waals surface area (Å²) in [5.41, 5.74) is -1.09. The normalized spacial score (nSPS) is 16.1. The van der Waals surface area contributed by atoms with E-state index in [2.05, 4.69) is 10.1 Å². The molecule has 4 rings (SSSR count). The van der Waals surface area contributed by atoms with E-state index in [1.807, 2.05) is 0 Å². The second-order valence-electron chi connectivity index (χ2n) is 6.28. The van der Waals surface area contributed by atoms with Crippen LogP contribution in [0.15, 0.2) is 55.1 Å². The Morgan fingerprint density at radius 2 is 1.90 bits per heavy atom. The van der Waals surface area contributed by atoms with Gasteiger partial charge in [-0.15, -0.1) is 0 Å². The average molecular weight is 426 g/mol. The second kappa shape index (κ2) is 7.66. The first-order chi connectivity index (χ1) is 13.9. The van der Waals surface area contributed by atoms with Crippen LogP contribution in [0, 0.1) is 0 Å². The van der Waals surface area contributed by atoms with Crippen molar-refractivity contribution in [3.05, 3.63) is 71.3 Å². The van der Waals surface area contributed by atoms with Gasteiger partial charge in [-0.25, -0.2) is 9.67 Å². The summed E-state index contributed by atoms with van der Waals surface area (Å²) in [7, 11) is 0. The minimum absolute atomic E-state index is 0.0110. The Balaban J connectivity index is 1.75. The molecule has 0 amide bonds. The molecule has 1 aliphatic rings. The summed E-state index contributed by atoms with van der Waals surface area (Å²) in [4.78, 5) is 3.82. The van der Waals surface area contributed by atoms with Gasteiger partial charge in [0.25, 0.3) is 0 Å². The monoisotopic (exact) mass is 425 g/mol. The van der Waals surface area contributed by atoms with Crippen molar-refractivity contribution in [3.8, 4) is 11.5 Å². The molecule has 152 valence electrons. The van der Waals surface area contributed by atoms with Crippen LogP contribution in [0.25, 0.3) is 0 Å². The summed E-state index contributed by atoms with van der Waals surface area (Å²) >= 11 is 6.04. The lowest BCUT2D eigenvalue weighted by Gasteiger charge is -2.30. The number of hydrogen-bond acceptors (Lipinski definition) is 5. The third-order valence-corrected chi connectivity index (χ3v) is 4.67. The number of nitrogens with zero attached hydrogens (tertiary/aromatic N) is 3. The fourth-order valence-electron chi connectivity index (χ4n) is 3.12. The van der Waals surface area contributed by atoms with Gasteiger partial charge in [-0.1, -0.05) is 23.7 Å². The molecule has 0 N–H and O–H groups in total. The van der Waals surface area contributed by atoms with Crippen molar-refractivity contribution < 1.29 is 27.4 Å². The number of aromatic nitrogens is 3. The molecule has 2 heterocycles. The molecule has 1 fully saturated rings. The molecule has 6 nitrogen and oxygen atoms in total. The van der Waals surface area contributed by atoms with Crippen LogP contribution in [0.4, 0.5) is 13.2 Å². The van der Waals surface area contributed by atoms with E-state index < -0.39 is 17.5 Å². The molecule has 0 unspecified atom stereocenters. The summed E-state index contributed by atoms with van der Waals surface area (Å²) in [5.74, 6) is -1.40. The van der Waals surface area contributed by atoms with Crippen molar-refractivity contribution in [2.75, 3.05) is 13.2 Å². The van der Waals surface area contributed by atoms with Crippen molar-refractivity contribution >= 4 is 11.6 Å². The zero-order chi connectivity index (χ0) is 20.5. The summed E-state index contributed by atoms with van der Waals surface area (Å²) in [6, 6.07) is 10.1. The SMILES string of the molecule is FC(F)(F)c1cc(Oc2ccccc2Cl)ccc1C1(Cn2cncn2)OCCO1. The zero-order valence-electron chi connectivity index (χ0n) is 14.9. The molecule has 0 saturated carbocycles. The second-order valence-corrected chi connectivity index (χ2v) is 6.69. The highest BCUT2D eigenvalue weighted by atomic mass is 35.5. The average Bonchev–Trinajstić information content (AvgIpc) is 3.36. The van der Waals surface area contributed by atoms with Gasteiger partial charge in [-0.05, 0) is 30.3 Å². The number of ether oxygens (including phenoxy) is 3. The number of benzene rings is 2. The van der Waals surface area contributed by atoms with E-state index in [0.717, 1.165) is 6.07 Å². The van der Waals surface area contributed by atoms with Gasteiger partial charge < -0.3 is 14.2 Å². The molecule has 1 saturated heterocycles. The van der Waals surface area contributed by atoms with Gasteiger partial charge in [-0.3, -0.25) is 0 Å². The molecular weight excluding hydrogens is 411 g/mol. The fraction of sp³-hybridized carbons (Fsp3) is 0.263. The van der Waals surface area contributed by atoms with E-state index in [1.165, 1.54) is 29.5 Å². The Kier molecular flexibility index (Phi) is 5.20. The van der Waals surface area contributed by atoms with Gasteiger partial charge in [0.15, 0.2) is 0 Å². The van der Waals surface area contributed by atoms with Gasteiger partial charge in [0.05, 0.1) is 23.8 Å². The Bertz CT molecular complexity index is 990. The largest absolute Gasteiger partial charge is 0.456 e. The number of halogens is 4. The van der Waals surface area contributed by atoms with Crippen LogP contribution in [0.2, 0.25) is 5.02 Å². The first-order valence-corrected chi connectivity index (χ1v) is 9.00. The molecule has 0 bridgehead atoms. The van der Waals surface area contributed by atoms with Crippen LogP contribution in [0.1, 0.15) is 11.1 Å². The highest BCUT2D eigenvalue weighted by Gasteiger charge is 2.46. The number of alkyl halides is 3. The van der Waals surface area contributed by atoms with Crippen LogP contribution < -0.4 is 4.74 Å². The molecule has 3 aromatic rings. The predicted octanol–water partition coefficient (Wildman–Crippen LogP) is 4.64. The third-order valence-electron chi connectivity index (χ3n) is 4.36. The highest BCUT2D eigenvalue weighted by molar-refractivity contribution is 6.32. The van der Waals surface area contributed by atoms with Crippen molar-refractivity contribution in [1.82, 2.24) is 14.8 Å². The molecular formula is C19H15ClF3N3O3. The van der Waals surface area contributed by atoms with Crippen molar-refractivity contribution in [2.24, 2.45) is 0 Å². The fourth-order valence-corrected chi connectivity index (χ4v) is 3.30. The van der Waals surface area contributed by atoms with E-state index in [-0.39, 0.29) is 41.8 Å². The molecule has 0 aliphatic carbocycles. The van der Waals surface area contributed by atoms with Crippen LogP contribution in [-0.4, -0.2) is 28.0 Å². The van der Waals surface area contributed by atoms with Gasteiger partial charge in [0.1, 0.15) is 30.7 Å². The van der Waals surface area contributed by atoms with Crippen LogP contribution >= 0.6 is 11.6 Å². The summed E-state index contributed by atoms with van der Waals surface area (Å²) < 4.78 is 60.0. The lowest BCUT2D eigenvalue weighted by molar-refractivity contribution is -0.187. The number of hydrogen-bond donors (Lipinski definition) is 0. The molecule has 2 aromatic carbocycles. The minimum atomic E-state index is -4.67. The van der Waals surface area contributed by atoms with Crippen LogP contribution in [-0.2, 0) is 28.0 Å². The number of rotatable bonds is 5. The molecule has 29 heavy (non-hydrogen) atoms. The van der Waals surface area contributed by atoms with Gasteiger partial charge in [0.2, 0.25) is 5.79 Å². The van der Waals surface area contributed by atoms with Crippen LogP contribution in [0.5, 0.6) is 11.5 Å². The maximum absolute atomic E-state index is 13.9. The van der Waals surface area contributed by atoms with E-state index in [4.69, 9.17) is 25.8 Å². The Labute approximate surface area is 168 Å². The van der Waals surface area contributed by atoms with E-state index in [9.17, 15) is 13.2 Å². The molecule has 1 aromatic heterocycles. The smallest absolute Gasteiger partial charge is 0.417 e. The van der Waals surface area contributed by atoms with Crippen LogP contribution in [0.3, 0.4) is 0 Å². The first kappa shape index (κ1) is 19.7. The highest BCUT2D eigenvalue weighted by Crippen LogP contribution is 2.43. The van der Waals surface area contributed by atoms with Gasteiger partial charge in [-0.2, -0.15) is 18.3 Å². The van der Waals surface area contributed by atoms with Gasteiger partial charge >= 0.3 is 6.18 Å². The minimum Gasteiger partial charge on any atom is -0.456 e. The summed E-state index contributed by atoms with van der Waals surface area (Å²) in [6.07, 6.45) is -2.00. The third kappa shape index (κ3) is 4.07. The molecule has 0 atom stereocenters. The zero-order valence-corrected chi connectivity index (χ0v) is 15.7. The Morgan fingerprint density at radius 1 is 1.14 bits per heavy atom. The molecule has 0 radical (unpaired) electrons. The maximum atomic E-state index is 13.9. The van der Waals surface area contributed by atoms with Crippen molar-refractivity contribution in [2.45, 2.75) is 18.5 Å². The lowest BCUT2D eigenvalue weighted by atomic mass is 9.98. The first-order valence-electron chi connectivity index (χ1n) is 8.62. The summed E-state index contributed by atoms with van der Waals surface area (Å²) in [6.45, 7) is 0.231. The topological polar surface area (TPSA) is 58.4 Å². The predicted molar refractivity (Wildman–Crippen MR) is 96.6 cm³/mol. The maximum Gasteiger partial charge on any atom is 0.417 e. The molecule has 1 aliphatic heterocycles. The molecule has 10 heteroatoms. The molecule has 0 spiro atoms. The van der Waals surface area contributed by atoms with Crippen molar-refractivity contribution in [1.29, 1.82) is 0 Å². The van der Waals surface area contributed by atoms with E-state index in [0.29, 0.717) is 0 Å². The quantitative estimate of drug-likeness (QED) is 0.596. The van der Waals surface area contributed by atoms with E-state index >= 15 is 0 Å².